The highest BCUT2D eigenvalue weighted by atomic mass is 32.1. The highest BCUT2D eigenvalue weighted by Gasteiger charge is 2.29. The van der Waals surface area contributed by atoms with E-state index in [9.17, 15) is 4.79 Å². The van der Waals surface area contributed by atoms with E-state index >= 15 is 0 Å². The number of H-pyrrole nitrogens is 1. The second-order valence-electron chi connectivity index (χ2n) is 6.19. The summed E-state index contributed by atoms with van der Waals surface area (Å²) in [5, 5.41) is 0. The molecule has 1 aliphatic heterocycles. The first-order valence-corrected chi connectivity index (χ1v) is 8.72. The molecule has 1 aromatic heterocycles. The van der Waals surface area contributed by atoms with Gasteiger partial charge in [0.2, 0.25) is 0 Å². The van der Waals surface area contributed by atoms with Crippen molar-refractivity contribution < 1.29 is 9.53 Å². The second-order valence-corrected chi connectivity index (χ2v) is 6.60. The minimum absolute atomic E-state index is 0.0487. The average Bonchev–Trinajstić information content (AvgIpc) is 2.63. The quantitative estimate of drug-likeness (QED) is 0.806. The summed E-state index contributed by atoms with van der Waals surface area (Å²) in [5.41, 5.74) is 3.13. The normalized spacial score (nSPS) is 17.5. The van der Waals surface area contributed by atoms with Gasteiger partial charge in [-0.1, -0.05) is 42.5 Å². The first kappa shape index (κ1) is 16.7. The van der Waals surface area contributed by atoms with Crippen LogP contribution in [-0.2, 0) is 11.3 Å². The van der Waals surface area contributed by atoms with Gasteiger partial charge in [-0.05, 0) is 48.9 Å². The minimum Gasteiger partial charge on any atom is -0.445 e. The van der Waals surface area contributed by atoms with Crippen molar-refractivity contribution in [3.8, 4) is 0 Å². The molecule has 24 heavy (non-hydrogen) atoms. The lowest BCUT2D eigenvalue weighted by atomic mass is 9.96. The molecule has 0 saturated carbocycles. The number of nitrogens with one attached hydrogen (secondary N) is 1. The summed E-state index contributed by atoms with van der Waals surface area (Å²) < 4.78 is 6.27. The number of hydrogen-bond donors (Lipinski definition) is 1. The molecule has 1 atom stereocenters. The summed E-state index contributed by atoms with van der Waals surface area (Å²) in [6, 6.07) is 11.9. The van der Waals surface area contributed by atoms with E-state index in [4.69, 9.17) is 17.0 Å². The van der Waals surface area contributed by atoms with Gasteiger partial charge in [0.25, 0.3) is 0 Å². The SMILES string of the molecule is Cc1cc([C@@H]2CCCCN2C(=O)OCc2ccccc2)c[nH]c1=S. The molecule has 5 heteroatoms. The molecule has 126 valence electrons. The smallest absolute Gasteiger partial charge is 0.410 e. The number of carbonyl (C=O) groups is 1. The van der Waals surface area contributed by atoms with Crippen molar-refractivity contribution in [3.63, 3.8) is 0 Å². The molecule has 1 aliphatic rings. The Kier molecular flexibility index (Phi) is 5.30. The van der Waals surface area contributed by atoms with E-state index < -0.39 is 0 Å². The first-order valence-electron chi connectivity index (χ1n) is 8.31. The van der Waals surface area contributed by atoms with Gasteiger partial charge in [0.05, 0.1) is 6.04 Å². The molecule has 1 N–H and O–H groups in total. The molecular weight excluding hydrogens is 320 g/mol. The summed E-state index contributed by atoms with van der Waals surface area (Å²) in [6.07, 6.45) is 4.75. The summed E-state index contributed by atoms with van der Waals surface area (Å²) >= 11 is 5.23. The van der Waals surface area contributed by atoms with Crippen LogP contribution in [0, 0.1) is 11.6 Å². The highest BCUT2D eigenvalue weighted by molar-refractivity contribution is 7.71. The molecule has 1 amide bonds. The summed E-state index contributed by atoms with van der Waals surface area (Å²) in [4.78, 5) is 17.5. The molecule has 0 bridgehead atoms. The van der Waals surface area contributed by atoms with Gasteiger partial charge in [-0.25, -0.2) is 4.79 Å². The summed E-state index contributed by atoms with van der Waals surface area (Å²) in [5.74, 6) is 0. The standard InChI is InChI=1S/C19H22N2O2S/c1-14-11-16(12-20-18(14)24)17-9-5-6-10-21(17)19(22)23-13-15-7-3-2-4-8-15/h2-4,7-8,11-12,17H,5-6,9-10,13H2,1H3,(H,20,24)/t17-/m0/s1. The zero-order valence-corrected chi connectivity index (χ0v) is 14.6. The van der Waals surface area contributed by atoms with Gasteiger partial charge in [-0.2, -0.15) is 0 Å². The predicted octanol–water partition coefficient (Wildman–Crippen LogP) is 4.92. The van der Waals surface area contributed by atoms with Gasteiger partial charge in [0.1, 0.15) is 11.2 Å². The fourth-order valence-electron chi connectivity index (χ4n) is 3.11. The van der Waals surface area contributed by atoms with E-state index in [0.29, 0.717) is 6.61 Å². The Morgan fingerprint density at radius 1 is 1.33 bits per heavy atom. The highest BCUT2D eigenvalue weighted by Crippen LogP contribution is 2.31. The van der Waals surface area contributed by atoms with Gasteiger partial charge in [-0.15, -0.1) is 0 Å². The number of likely N-dealkylation sites (tertiary alicyclic amines) is 1. The Bertz CT molecular complexity index is 757. The van der Waals surface area contributed by atoms with Crippen molar-refractivity contribution in [2.24, 2.45) is 0 Å². The number of ether oxygens (including phenoxy) is 1. The van der Waals surface area contributed by atoms with E-state index in [1.165, 1.54) is 0 Å². The van der Waals surface area contributed by atoms with Crippen molar-refractivity contribution in [2.45, 2.75) is 38.8 Å². The number of amides is 1. The second kappa shape index (κ2) is 7.62. The fourth-order valence-corrected chi connectivity index (χ4v) is 3.23. The van der Waals surface area contributed by atoms with E-state index in [-0.39, 0.29) is 12.1 Å². The van der Waals surface area contributed by atoms with Crippen LogP contribution < -0.4 is 0 Å². The molecule has 1 fully saturated rings. The van der Waals surface area contributed by atoms with Gasteiger partial charge in [0, 0.05) is 12.7 Å². The van der Waals surface area contributed by atoms with Gasteiger partial charge in [-0.3, -0.25) is 0 Å². The molecular formula is C19H22N2O2S. The van der Waals surface area contributed by atoms with Crippen molar-refractivity contribution in [3.05, 3.63) is 63.9 Å². The molecule has 0 radical (unpaired) electrons. The third-order valence-electron chi connectivity index (χ3n) is 4.44. The number of benzene rings is 1. The number of hydrogen-bond acceptors (Lipinski definition) is 3. The number of aryl methyl sites for hydroxylation is 1. The van der Waals surface area contributed by atoms with Gasteiger partial charge in [0.15, 0.2) is 0 Å². The molecule has 0 spiro atoms. The largest absolute Gasteiger partial charge is 0.445 e. The van der Waals surface area contributed by atoms with Crippen molar-refractivity contribution in [1.29, 1.82) is 0 Å². The molecule has 3 rings (SSSR count). The van der Waals surface area contributed by atoms with Crippen LogP contribution in [0.15, 0.2) is 42.6 Å². The van der Waals surface area contributed by atoms with Gasteiger partial charge < -0.3 is 14.6 Å². The minimum atomic E-state index is -0.247. The maximum atomic E-state index is 12.6. The Balaban J connectivity index is 1.72. The lowest BCUT2D eigenvalue weighted by Gasteiger charge is -2.35. The lowest BCUT2D eigenvalue weighted by molar-refractivity contribution is 0.0678. The number of piperidine rings is 1. The average molecular weight is 342 g/mol. The van der Waals surface area contributed by atoms with Crippen molar-refractivity contribution in [2.75, 3.05) is 6.54 Å². The summed E-state index contributed by atoms with van der Waals surface area (Å²) in [6.45, 7) is 3.02. The number of aromatic amines is 1. The number of pyridine rings is 1. The molecule has 2 aromatic rings. The van der Waals surface area contributed by atoms with Crippen LogP contribution in [0.3, 0.4) is 0 Å². The van der Waals surface area contributed by atoms with Crippen molar-refractivity contribution >= 4 is 18.3 Å². The van der Waals surface area contributed by atoms with Gasteiger partial charge >= 0.3 is 6.09 Å². The Morgan fingerprint density at radius 2 is 2.12 bits per heavy atom. The van der Waals surface area contributed by atoms with Crippen molar-refractivity contribution in [1.82, 2.24) is 9.88 Å². The van der Waals surface area contributed by atoms with Crippen LogP contribution in [0.25, 0.3) is 0 Å². The molecule has 2 heterocycles. The number of aromatic nitrogens is 1. The Hall–Kier alpha value is -2.14. The lowest BCUT2D eigenvalue weighted by Crippen LogP contribution is -2.38. The Labute approximate surface area is 147 Å². The fraction of sp³-hybridized carbons (Fsp3) is 0.368. The van der Waals surface area contributed by atoms with E-state index in [2.05, 4.69) is 11.1 Å². The number of carbonyl (C=O) groups excluding carboxylic acids is 1. The molecule has 1 saturated heterocycles. The first-order chi connectivity index (χ1) is 11.6. The maximum Gasteiger partial charge on any atom is 0.410 e. The third kappa shape index (κ3) is 3.85. The van der Waals surface area contributed by atoms with E-state index in [1.807, 2.05) is 48.4 Å². The maximum absolute atomic E-state index is 12.6. The predicted molar refractivity (Wildman–Crippen MR) is 96.3 cm³/mol. The topological polar surface area (TPSA) is 45.3 Å². The molecule has 1 aromatic carbocycles. The Morgan fingerprint density at radius 3 is 2.88 bits per heavy atom. The molecule has 0 aliphatic carbocycles. The molecule has 0 unspecified atom stereocenters. The van der Waals surface area contributed by atoms with Crippen LogP contribution in [-0.4, -0.2) is 22.5 Å². The van der Waals surface area contributed by atoms with Crippen LogP contribution in [0.5, 0.6) is 0 Å². The van der Waals surface area contributed by atoms with Crippen LogP contribution in [0.1, 0.15) is 42.0 Å². The van der Waals surface area contributed by atoms with Crippen LogP contribution >= 0.6 is 12.2 Å². The zero-order valence-electron chi connectivity index (χ0n) is 13.8. The number of nitrogens with zero attached hydrogens (tertiary/aromatic N) is 1. The third-order valence-corrected chi connectivity index (χ3v) is 4.88. The molecule has 4 nitrogen and oxygen atoms in total. The van der Waals surface area contributed by atoms with Crippen LogP contribution in [0.2, 0.25) is 0 Å². The summed E-state index contributed by atoms with van der Waals surface area (Å²) in [7, 11) is 0. The van der Waals surface area contributed by atoms with E-state index in [1.54, 1.807) is 0 Å². The van der Waals surface area contributed by atoms with Crippen LogP contribution in [0.4, 0.5) is 4.79 Å². The monoisotopic (exact) mass is 342 g/mol. The number of rotatable bonds is 3. The van der Waals surface area contributed by atoms with E-state index in [0.717, 1.165) is 47.1 Å². The zero-order chi connectivity index (χ0) is 16.9.